The molecule has 0 spiro atoms. The molecule has 1 heterocycles. The largest absolute Gasteiger partial charge is 0.468 e. The number of aryl methyl sites for hydroxylation is 1. The van der Waals surface area contributed by atoms with Gasteiger partial charge in [-0.3, -0.25) is 4.79 Å². The van der Waals surface area contributed by atoms with Crippen LogP contribution in [0.25, 0.3) is 0 Å². The number of carbonyl (C=O) groups excluding carboxylic acids is 1. The van der Waals surface area contributed by atoms with E-state index in [0.717, 1.165) is 12.2 Å². The molecule has 0 aliphatic rings. The Morgan fingerprint density at radius 3 is 2.71 bits per heavy atom. The van der Waals surface area contributed by atoms with Gasteiger partial charge in [-0.1, -0.05) is 19.1 Å². The van der Waals surface area contributed by atoms with Gasteiger partial charge in [0.05, 0.1) is 13.0 Å². The van der Waals surface area contributed by atoms with Crippen LogP contribution < -0.4 is 5.32 Å². The number of ether oxygens (including phenoxy) is 1. The minimum absolute atomic E-state index is 0.316. The fraction of sp³-hybridized carbons (Fsp3) is 0.357. The normalized spacial score (nSPS) is 12.0. The van der Waals surface area contributed by atoms with Gasteiger partial charge in [-0.05, 0) is 17.7 Å². The number of halogens is 1. The number of esters is 1. The van der Waals surface area contributed by atoms with E-state index in [-0.39, 0.29) is 11.8 Å². The molecule has 1 aromatic carbocycles. The molecule has 0 radical (unpaired) electrons. The van der Waals surface area contributed by atoms with E-state index in [1.165, 1.54) is 30.8 Å². The molecule has 21 heavy (non-hydrogen) atoms. The SMILES string of the molecule is CCc1nsc(NCC(C(=O)OC)c2ccc(F)cc2)n1. The van der Waals surface area contributed by atoms with E-state index < -0.39 is 5.92 Å². The van der Waals surface area contributed by atoms with E-state index in [1.807, 2.05) is 6.92 Å². The van der Waals surface area contributed by atoms with E-state index in [1.54, 1.807) is 12.1 Å². The first-order chi connectivity index (χ1) is 10.1. The molecule has 0 aliphatic carbocycles. The summed E-state index contributed by atoms with van der Waals surface area (Å²) in [6.07, 6.45) is 0.760. The Balaban J connectivity index is 2.09. The first kappa shape index (κ1) is 15.4. The maximum atomic E-state index is 13.0. The number of carbonyl (C=O) groups is 1. The predicted octanol–water partition coefficient (Wildman–Crippen LogP) is 2.61. The van der Waals surface area contributed by atoms with Crippen molar-refractivity contribution in [3.8, 4) is 0 Å². The summed E-state index contributed by atoms with van der Waals surface area (Å²) >= 11 is 1.25. The smallest absolute Gasteiger partial charge is 0.314 e. The van der Waals surface area contributed by atoms with Crippen molar-refractivity contribution in [2.75, 3.05) is 19.0 Å². The Kier molecular flexibility index (Phi) is 5.21. The molecule has 1 atom stereocenters. The summed E-state index contributed by atoms with van der Waals surface area (Å²) in [5.74, 6) is -0.482. The molecule has 0 saturated carbocycles. The second-order valence-corrected chi connectivity index (χ2v) is 5.13. The summed E-state index contributed by atoms with van der Waals surface area (Å²) in [5, 5.41) is 3.73. The Morgan fingerprint density at radius 1 is 1.43 bits per heavy atom. The molecule has 0 fully saturated rings. The summed E-state index contributed by atoms with van der Waals surface area (Å²) in [6.45, 7) is 2.29. The van der Waals surface area contributed by atoms with Crippen molar-refractivity contribution in [2.24, 2.45) is 0 Å². The topological polar surface area (TPSA) is 64.1 Å². The molecule has 1 N–H and O–H groups in total. The van der Waals surface area contributed by atoms with Gasteiger partial charge in [0.25, 0.3) is 0 Å². The van der Waals surface area contributed by atoms with Gasteiger partial charge in [-0.15, -0.1) is 0 Å². The highest BCUT2D eigenvalue weighted by Gasteiger charge is 2.21. The minimum atomic E-state index is -0.524. The van der Waals surface area contributed by atoms with Gasteiger partial charge in [0, 0.05) is 24.5 Å². The standard InChI is InChI=1S/C14H16FN3O2S/c1-3-12-17-14(21-18-12)16-8-11(13(19)20-2)9-4-6-10(15)7-5-9/h4-7,11H,3,8H2,1-2H3,(H,16,17,18). The third-order valence-corrected chi connectivity index (χ3v) is 3.71. The zero-order valence-electron chi connectivity index (χ0n) is 11.8. The van der Waals surface area contributed by atoms with Crippen LogP contribution >= 0.6 is 11.5 Å². The number of anilines is 1. The fourth-order valence-corrected chi connectivity index (χ4v) is 2.49. The molecular weight excluding hydrogens is 293 g/mol. The second kappa shape index (κ2) is 7.12. The summed E-state index contributed by atoms with van der Waals surface area (Å²) in [4.78, 5) is 16.2. The van der Waals surface area contributed by atoms with Gasteiger partial charge in [0.2, 0.25) is 5.13 Å². The molecule has 2 rings (SSSR count). The number of hydrogen-bond donors (Lipinski definition) is 1. The predicted molar refractivity (Wildman–Crippen MR) is 78.9 cm³/mol. The lowest BCUT2D eigenvalue weighted by Crippen LogP contribution is -2.22. The lowest BCUT2D eigenvalue weighted by molar-refractivity contribution is -0.142. The molecule has 1 aromatic heterocycles. The van der Waals surface area contributed by atoms with Crippen LogP contribution in [0, 0.1) is 5.82 Å². The van der Waals surface area contributed by atoms with Crippen LogP contribution in [0.1, 0.15) is 24.2 Å². The third kappa shape index (κ3) is 3.98. The summed E-state index contributed by atoms with van der Waals surface area (Å²) < 4.78 is 21.9. The lowest BCUT2D eigenvalue weighted by Gasteiger charge is -2.15. The lowest BCUT2D eigenvalue weighted by atomic mass is 9.99. The van der Waals surface area contributed by atoms with Crippen molar-refractivity contribution >= 4 is 22.6 Å². The maximum Gasteiger partial charge on any atom is 0.314 e. The van der Waals surface area contributed by atoms with Crippen molar-refractivity contribution in [1.82, 2.24) is 9.36 Å². The first-order valence-corrected chi connectivity index (χ1v) is 7.31. The van der Waals surface area contributed by atoms with Crippen LogP contribution in [0.5, 0.6) is 0 Å². The molecule has 7 heteroatoms. The molecule has 0 aliphatic heterocycles. The Hall–Kier alpha value is -2.02. The number of hydrogen-bond acceptors (Lipinski definition) is 6. The first-order valence-electron chi connectivity index (χ1n) is 6.53. The summed E-state index contributed by atoms with van der Waals surface area (Å²) in [5.41, 5.74) is 0.691. The van der Waals surface area contributed by atoms with Gasteiger partial charge in [0.15, 0.2) is 0 Å². The van der Waals surface area contributed by atoms with E-state index in [2.05, 4.69) is 14.7 Å². The average Bonchev–Trinajstić information content (AvgIpc) is 2.97. The number of nitrogens with zero attached hydrogens (tertiary/aromatic N) is 2. The van der Waals surface area contributed by atoms with Crippen LogP contribution in [-0.2, 0) is 16.0 Å². The van der Waals surface area contributed by atoms with Crippen LogP contribution in [-0.4, -0.2) is 29.0 Å². The molecule has 0 saturated heterocycles. The van der Waals surface area contributed by atoms with Gasteiger partial charge < -0.3 is 10.1 Å². The Labute approximate surface area is 126 Å². The maximum absolute atomic E-state index is 13.0. The zero-order valence-corrected chi connectivity index (χ0v) is 12.6. The van der Waals surface area contributed by atoms with Gasteiger partial charge >= 0.3 is 5.97 Å². The molecule has 1 unspecified atom stereocenters. The highest BCUT2D eigenvalue weighted by Crippen LogP contribution is 2.20. The number of benzene rings is 1. The number of methoxy groups -OCH3 is 1. The van der Waals surface area contributed by atoms with Gasteiger partial charge in [-0.25, -0.2) is 9.37 Å². The van der Waals surface area contributed by atoms with Crippen molar-refractivity contribution < 1.29 is 13.9 Å². The van der Waals surface area contributed by atoms with Crippen molar-refractivity contribution in [3.05, 3.63) is 41.5 Å². The molecule has 5 nitrogen and oxygen atoms in total. The van der Waals surface area contributed by atoms with Gasteiger partial charge in [-0.2, -0.15) is 4.37 Å². The summed E-state index contributed by atoms with van der Waals surface area (Å²) in [6, 6.07) is 5.81. The van der Waals surface area contributed by atoms with Gasteiger partial charge in [0.1, 0.15) is 11.6 Å². The molecular formula is C14H16FN3O2S. The number of rotatable bonds is 6. The molecule has 0 amide bonds. The van der Waals surface area contributed by atoms with Crippen LogP contribution in [0.3, 0.4) is 0 Å². The minimum Gasteiger partial charge on any atom is -0.468 e. The molecule has 0 bridgehead atoms. The number of nitrogens with one attached hydrogen (secondary N) is 1. The average molecular weight is 309 g/mol. The van der Waals surface area contributed by atoms with E-state index >= 15 is 0 Å². The summed E-state index contributed by atoms with van der Waals surface area (Å²) in [7, 11) is 1.33. The Morgan fingerprint density at radius 2 is 2.14 bits per heavy atom. The van der Waals surface area contributed by atoms with Crippen molar-refractivity contribution in [3.63, 3.8) is 0 Å². The fourth-order valence-electron chi connectivity index (χ4n) is 1.83. The highest BCUT2D eigenvalue weighted by molar-refractivity contribution is 7.09. The third-order valence-electron chi connectivity index (χ3n) is 3.00. The van der Waals surface area contributed by atoms with Crippen LogP contribution in [0.4, 0.5) is 9.52 Å². The van der Waals surface area contributed by atoms with Crippen LogP contribution in [0.15, 0.2) is 24.3 Å². The van der Waals surface area contributed by atoms with E-state index in [9.17, 15) is 9.18 Å². The second-order valence-electron chi connectivity index (χ2n) is 4.38. The zero-order chi connectivity index (χ0) is 15.2. The monoisotopic (exact) mass is 309 g/mol. The Bertz CT molecular complexity index is 601. The number of aromatic nitrogens is 2. The van der Waals surface area contributed by atoms with E-state index in [0.29, 0.717) is 17.2 Å². The van der Waals surface area contributed by atoms with Crippen molar-refractivity contribution in [1.29, 1.82) is 0 Å². The molecule has 2 aromatic rings. The highest BCUT2D eigenvalue weighted by atomic mass is 32.1. The van der Waals surface area contributed by atoms with Crippen LogP contribution in [0.2, 0.25) is 0 Å². The van der Waals surface area contributed by atoms with Crippen molar-refractivity contribution in [2.45, 2.75) is 19.3 Å². The quantitative estimate of drug-likeness (QED) is 0.831. The van der Waals surface area contributed by atoms with E-state index in [4.69, 9.17) is 4.74 Å². The molecule has 112 valence electrons.